The van der Waals surface area contributed by atoms with Crippen molar-refractivity contribution in [3.05, 3.63) is 62.7 Å². The van der Waals surface area contributed by atoms with Crippen LogP contribution in [0, 0.1) is 5.82 Å². The van der Waals surface area contributed by atoms with E-state index in [1.54, 1.807) is 36.4 Å². The molecule has 158 valence electrons. The number of benzene rings is 2. The van der Waals surface area contributed by atoms with Gasteiger partial charge in [-0.05, 0) is 54.9 Å². The predicted molar refractivity (Wildman–Crippen MR) is 119 cm³/mol. The molecule has 0 unspecified atom stereocenters. The zero-order chi connectivity index (χ0) is 21.7. The Balaban J connectivity index is 1.87. The van der Waals surface area contributed by atoms with Gasteiger partial charge in [-0.2, -0.15) is 0 Å². The highest BCUT2D eigenvalue weighted by Gasteiger charge is 2.34. The number of rotatable bonds is 8. The Bertz CT molecular complexity index is 995. The molecular weight excluding hydrogens is 473 g/mol. The van der Waals surface area contributed by atoms with Crippen molar-refractivity contribution in [1.82, 2.24) is 4.90 Å². The fourth-order valence-electron chi connectivity index (χ4n) is 2.87. The Morgan fingerprint density at radius 3 is 2.57 bits per heavy atom. The maximum atomic E-state index is 13.9. The molecule has 2 aromatic carbocycles. The minimum Gasteiger partial charge on any atom is -0.490 e. The molecule has 8 heteroatoms. The molecule has 30 heavy (non-hydrogen) atoms. The van der Waals surface area contributed by atoms with E-state index in [9.17, 15) is 14.0 Å². The summed E-state index contributed by atoms with van der Waals surface area (Å²) in [6.07, 6.45) is 2.37. The summed E-state index contributed by atoms with van der Waals surface area (Å²) in [4.78, 5) is 26.2. The van der Waals surface area contributed by atoms with E-state index in [0.717, 1.165) is 11.8 Å². The molecule has 1 aliphatic rings. The highest BCUT2D eigenvalue weighted by Crippen LogP contribution is 2.38. The second-order valence-corrected chi connectivity index (χ2v) is 8.31. The number of hydrogen-bond acceptors (Lipinski definition) is 5. The lowest BCUT2D eigenvalue weighted by Crippen LogP contribution is -2.28. The molecule has 0 N–H and O–H groups in total. The van der Waals surface area contributed by atoms with Crippen molar-refractivity contribution < 1.29 is 23.5 Å². The van der Waals surface area contributed by atoms with Gasteiger partial charge >= 0.3 is 0 Å². The summed E-state index contributed by atoms with van der Waals surface area (Å²) in [6, 6.07) is 9.86. The Labute approximate surface area is 187 Å². The average molecular weight is 494 g/mol. The molecule has 0 spiro atoms. The summed E-state index contributed by atoms with van der Waals surface area (Å²) in [5.74, 6) is 0.282. The first kappa shape index (κ1) is 22.4. The van der Waals surface area contributed by atoms with Gasteiger partial charge in [0.2, 0.25) is 0 Å². The number of carbonyl (C=O) groups excluding carboxylic acids is 2. The highest BCUT2D eigenvalue weighted by atomic mass is 79.9. The average Bonchev–Trinajstić information content (AvgIpc) is 2.98. The fourth-order valence-corrected chi connectivity index (χ4v) is 4.16. The molecule has 1 fully saturated rings. The monoisotopic (exact) mass is 493 g/mol. The number of ether oxygens (including phenoxy) is 2. The summed E-state index contributed by atoms with van der Waals surface area (Å²) in [5, 5.41) is -0.265. The van der Waals surface area contributed by atoms with Crippen LogP contribution >= 0.6 is 27.7 Å². The molecule has 1 heterocycles. The molecule has 0 bridgehead atoms. The Morgan fingerprint density at radius 1 is 1.13 bits per heavy atom. The smallest absolute Gasteiger partial charge is 0.293 e. The first-order valence-electron chi connectivity index (χ1n) is 9.52. The predicted octanol–water partition coefficient (Wildman–Crippen LogP) is 6.01. The van der Waals surface area contributed by atoms with Crippen LogP contribution in [0.2, 0.25) is 0 Å². The quantitative estimate of drug-likeness (QED) is 0.421. The van der Waals surface area contributed by atoms with Gasteiger partial charge in [-0.3, -0.25) is 14.5 Å². The number of imide groups is 1. The maximum Gasteiger partial charge on any atom is 0.293 e. The number of carbonyl (C=O) groups is 2. The molecule has 2 aromatic rings. The third-order valence-electron chi connectivity index (χ3n) is 4.31. The summed E-state index contributed by atoms with van der Waals surface area (Å²) in [6.45, 7) is 4.62. The normalized spacial score (nSPS) is 15.2. The fraction of sp³-hybridized carbons (Fsp3) is 0.273. The van der Waals surface area contributed by atoms with Gasteiger partial charge in [-0.1, -0.05) is 41.1 Å². The lowest BCUT2D eigenvalue weighted by Gasteiger charge is -2.14. The minimum atomic E-state index is -0.339. The van der Waals surface area contributed by atoms with E-state index >= 15 is 0 Å². The van der Waals surface area contributed by atoms with Gasteiger partial charge in [0.15, 0.2) is 11.5 Å². The zero-order valence-electron chi connectivity index (χ0n) is 16.6. The molecule has 0 aromatic heterocycles. The number of halogens is 2. The van der Waals surface area contributed by atoms with E-state index in [0.29, 0.717) is 51.6 Å². The van der Waals surface area contributed by atoms with Crippen molar-refractivity contribution in [2.75, 3.05) is 13.2 Å². The van der Waals surface area contributed by atoms with Crippen molar-refractivity contribution in [1.29, 1.82) is 0 Å². The Hall–Kier alpha value is -2.32. The second-order valence-electron chi connectivity index (χ2n) is 6.47. The molecular formula is C22H21BrFNO4S. The van der Waals surface area contributed by atoms with E-state index < -0.39 is 0 Å². The SMILES string of the molecule is CCCN1C(=O)S/C(=C/c2cc(OCC)c(OCc3ccccc3F)cc2Br)C1=O. The Morgan fingerprint density at radius 2 is 1.87 bits per heavy atom. The molecule has 0 saturated carbocycles. The van der Waals surface area contributed by atoms with Crippen LogP contribution in [0.4, 0.5) is 9.18 Å². The minimum absolute atomic E-state index is 0.0500. The summed E-state index contributed by atoms with van der Waals surface area (Å²) >= 11 is 4.41. The summed E-state index contributed by atoms with van der Waals surface area (Å²) in [5.41, 5.74) is 1.11. The molecule has 0 radical (unpaired) electrons. The maximum absolute atomic E-state index is 13.9. The molecule has 2 amide bonds. The van der Waals surface area contributed by atoms with Crippen LogP contribution in [0.1, 0.15) is 31.4 Å². The third-order valence-corrected chi connectivity index (χ3v) is 5.91. The van der Waals surface area contributed by atoms with E-state index in [4.69, 9.17) is 9.47 Å². The van der Waals surface area contributed by atoms with Crippen molar-refractivity contribution in [3.8, 4) is 11.5 Å². The standard InChI is InChI=1S/C22H21BrFNO4S/c1-3-9-25-21(26)20(30-22(25)27)11-15-10-18(28-4-2)19(12-16(15)23)29-13-14-7-5-6-8-17(14)24/h5-8,10-12H,3-4,9,13H2,1-2H3/b20-11+. The van der Waals surface area contributed by atoms with Crippen LogP contribution in [-0.2, 0) is 11.4 Å². The topological polar surface area (TPSA) is 55.8 Å². The molecule has 1 saturated heterocycles. The van der Waals surface area contributed by atoms with Gasteiger partial charge in [0.05, 0.1) is 11.5 Å². The first-order chi connectivity index (χ1) is 14.4. The molecule has 5 nitrogen and oxygen atoms in total. The van der Waals surface area contributed by atoms with Crippen LogP contribution in [0.25, 0.3) is 6.08 Å². The Kier molecular flexibility index (Phi) is 7.55. The summed E-state index contributed by atoms with van der Waals surface area (Å²) in [7, 11) is 0. The van der Waals surface area contributed by atoms with Gasteiger partial charge < -0.3 is 9.47 Å². The number of hydrogen-bond donors (Lipinski definition) is 0. The lowest BCUT2D eigenvalue weighted by molar-refractivity contribution is -0.122. The van der Waals surface area contributed by atoms with Crippen molar-refractivity contribution >= 4 is 44.9 Å². The largest absolute Gasteiger partial charge is 0.490 e. The van der Waals surface area contributed by atoms with Crippen LogP contribution in [-0.4, -0.2) is 29.2 Å². The lowest BCUT2D eigenvalue weighted by atomic mass is 10.1. The van der Waals surface area contributed by atoms with Gasteiger partial charge in [0.25, 0.3) is 11.1 Å². The van der Waals surface area contributed by atoms with Gasteiger partial charge in [-0.25, -0.2) is 4.39 Å². The van der Waals surface area contributed by atoms with Gasteiger partial charge in [0.1, 0.15) is 12.4 Å². The summed E-state index contributed by atoms with van der Waals surface area (Å²) < 4.78 is 26.0. The van der Waals surface area contributed by atoms with Crippen LogP contribution < -0.4 is 9.47 Å². The third kappa shape index (κ3) is 5.05. The van der Waals surface area contributed by atoms with E-state index in [2.05, 4.69) is 15.9 Å². The van der Waals surface area contributed by atoms with Crippen LogP contribution in [0.5, 0.6) is 11.5 Å². The molecule has 3 rings (SSSR count). The number of nitrogens with zero attached hydrogens (tertiary/aromatic N) is 1. The van der Waals surface area contributed by atoms with Crippen molar-refractivity contribution in [2.24, 2.45) is 0 Å². The van der Waals surface area contributed by atoms with Gasteiger partial charge in [-0.15, -0.1) is 0 Å². The number of amides is 2. The number of thioether (sulfide) groups is 1. The first-order valence-corrected chi connectivity index (χ1v) is 11.1. The van der Waals surface area contributed by atoms with E-state index in [1.807, 2.05) is 13.8 Å². The van der Waals surface area contributed by atoms with E-state index in [-0.39, 0.29) is 23.6 Å². The second kappa shape index (κ2) is 10.1. The van der Waals surface area contributed by atoms with Crippen LogP contribution in [0.3, 0.4) is 0 Å². The molecule has 1 aliphatic heterocycles. The molecule has 0 atom stereocenters. The highest BCUT2D eigenvalue weighted by molar-refractivity contribution is 9.10. The van der Waals surface area contributed by atoms with Gasteiger partial charge in [0, 0.05) is 16.6 Å². The van der Waals surface area contributed by atoms with E-state index in [1.165, 1.54) is 11.0 Å². The zero-order valence-corrected chi connectivity index (χ0v) is 19.0. The molecule has 0 aliphatic carbocycles. The van der Waals surface area contributed by atoms with Crippen molar-refractivity contribution in [3.63, 3.8) is 0 Å². The van der Waals surface area contributed by atoms with Crippen molar-refractivity contribution in [2.45, 2.75) is 26.9 Å². The van der Waals surface area contributed by atoms with Crippen LogP contribution in [0.15, 0.2) is 45.8 Å².